The second-order valence-corrected chi connectivity index (χ2v) is 6.63. The Morgan fingerprint density at radius 1 is 1.32 bits per heavy atom. The molecule has 3 heterocycles. The van der Waals surface area contributed by atoms with Crippen LogP contribution in [0.5, 0.6) is 0 Å². The molecule has 3 aromatic rings. The standard InChI is InChI=1S/C13H16N6O2S/c1-19-9-14-8-11(19)22(20,21)18-4-2-3-10-7-17-13-12(10)15-5-6-16-13/h5-9,18H,2-4H2,1H3,(H,16,17). The molecule has 116 valence electrons. The minimum Gasteiger partial charge on any atom is -0.345 e. The molecule has 3 aromatic heterocycles. The molecule has 22 heavy (non-hydrogen) atoms. The van der Waals surface area contributed by atoms with Gasteiger partial charge in [0.15, 0.2) is 10.7 Å². The molecule has 0 saturated carbocycles. The second kappa shape index (κ2) is 5.85. The third-order valence-electron chi connectivity index (χ3n) is 3.35. The van der Waals surface area contributed by atoms with E-state index >= 15 is 0 Å². The molecule has 0 fully saturated rings. The zero-order valence-electron chi connectivity index (χ0n) is 12.0. The van der Waals surface area contributed by atoms with Crippen molar-refractivity contribution < 1.29 is 8.42 Å². The van der Waals surface area contributed by atoms with E-state index in [1.54, 1.807) is 19.4 Å². The summed E-state index contributed by atoms with van der Waals surface area (Å²) in [6.07, 6.45) is 9.31. The number of hydrogen-bond acceptors (Lipinski definition) is 5. The highest BCUT2D eigenvalue weighted by molar-refractivity contribution is 7.89. The molecule has 0 aliphatic rings. The summed E-state index contributed by atoms with van der Waals surface area (Å²) < 4.78 is 28.2. The molecule has 0 bridgehead atoms. The monoisotopic (exact) mass is 320 g/mol. The molecule has 0 radical (unpaired) electrons. The van der Waals surface area contributed by atoms with Crippen LogP contribution in [0.3, 0.4) is 0 Å². The lowest BCUT2D eigenvalue weighted by Gasteiger charge is -2.06. The molecular weight excluding hydrogens is 304 g/mol. The molecule has 0 aromatic carbocycles. The van der Waals surface area contributed by atoms with Crippen molar-refractivity contribution in [3.05, 3.63) is 36.7 Å². The molecular formula is C13H16N6O2S. The Morgan fingerprint density at radius 3 is 2.91 bits per heavy atom. The summed E-state index contributed by atoms with van der Waals surface area (Å²) in [5.41, 5.74) is 2.60. The molecule has 0 amide bonds. The Morgan fingerprint density at radius 2 is 2.14 bits per heavy atom. The minimum atomic E-state index is -3.52. The van der Waals surface area contributed by atoms with Crippen LogP contribution in [0.15, 0.2) is 36.1 Å². The smallest absolute Gasteiger partial charge is 0.257 e. The highest BCUT2D eigenvalue weighted by Crippen LogP contribution is 2.14. The van der Waals surface area contributed by atoms with E-state index in [1.807, 2.05) is 6.20 Å². The maximum absolute atomic E-state index is 12.1. The van der Waals surface area contributed by atoms with E-state index in [2.05, 4.69) is 24.7 Å². The minimum absolute atomic E-state index is 0.158. The molecule has 8 nitrogen and oxygen atoms in total. The predicted molar refractivity (Wildman–Crippen MR) is 80.6 cm³/mol. The van der Waals surface area contributed by atoms with Crippen LogP contribution >= 0.6 is 0 Å². The van der Waals surface area contributed by atoms with E-state index in [-0.39, 0.29) is 5.03 Å². The SMILES string of the molecule is Cn1cncc1S(=O)(=O)NCCCc1c[nH]c2nccnc12. The van der Waals surface area contributed by atoms with Crippen molar-refractivity contribution >= 4 is 21.2 Å². The van der Waals surface area contributed by atoms with Crippen molar-refractivity contribution in [1.82, 2.24) is 29.2 Å². The summed E-state index contributed by atoms with van der Waals surface area (Å²) in [7, 11) is -1.87. The van der Waals surface area contributed by atoms with E-state index in [0.717, 1.165) is 16.7 Å². The first-order chi connectivity index (χ1) is 10.6. The Kier molecular flexibility index (Phi) is 3.90. The van der Waals surface area contributed by atoms with E-state index in [4.69, 9.17) is 0 Å². The number of fused-ring (bicyclic) bond motifs is 1. The van der Waals surface area contributed by atoms with Crippen LogP contribution in [0.2, 0.25) is 0 Å². The van der Waals surface area contributed by atoms with Crippen LogP contribution in [0.1, 0.15) is 12.0 Å². The van der Waals surface area contributed by atoms with Gasteiger partial charge < -0.3 is 9.55 Å². The first kappa shape index (κ1) is 14.7. The van der Waals surface area contributed by atoms with E-state index in [0.29, 0.717) is 19.4 Å². The molecule has 0 unspecified atom stereocenters. The van der Waals surface area contributed by atoms with Crippen LogP contribution in [0, 0.1) is 0 Å². The summed E-state index contributed by atoms with van der Waals surface area (Å²) in [6.45, 7) is 0.348. The second-order valence-electron chi connectivity index (χ2n) is 4.91. The van der Waals surface area contributed by atoms with Crippen molar-refractivity contribution in [2.45, 2.75) is 17.9 Å². The summed E-state index contributed by atoms with van der Waals surface area (Å²) in [4.78, 5) is 15.3. The third kappa shape index (κ3) is 2.85. The van der Waals surface area contributed by atoms with Gasteiger partial charge in [0, 0.05) is 32.2 Å². The van der Waals surface area contributed by atoms with Crippen LogP contribution in [0.4, 0.5) is 0 Å². The van der Waals surface area contributed by atoms with Gasteiger partial charge in [0.05, 0.1) is 12.5 Å². The topological polar surface area (TPSA) is 106 Å². The van der Waals surface area contributed by atoms with Gasteiger partial charge in [0.25, 0.3) is 10.0 Å². The Labute approximate surface area is 127 Å². The van der Waals surface area contributed by atoms with Crippen LogP contribution in [0.25, 0.3) is 11.2 Å². The summed E-state index contributed by atoms with van der Waals surface area (Å²) in [6, 6.07) is 0. The largest absolute Gasteiger partial charge is 0.345 e. The molecule has 0 saturated heterocycles. The van der Waals surface area contributed by atoms with Crippen LogP contribution in [-0.4, -0.2) is 39.5 Å². The molecule has 0 aliphatic carbocycles. The number of hydrogen-bond donors (Lipinski definition) is 2. The molecule has 9 heteroatoms. The van der Waals surface area contributed by atoms with Gasteiger partial charge in [0.1, 0.15) is 5.52 Å². The van der Waals surface area contributed by atoms with Crippen molar-refractivity contribution in [1.29, 1.82) is 0 Å². The molecule has 2 N–H and O–H groups in total. The normalized spacial score (nSPS) is 12.0. The fourth-order valence-corrected chi connectivity index (χ4v) is 3.44. The average Bonchev–Trinajstić information content (AvgIpc) is 3.10. The van der Waals surface area contributed by atoms with Gasteiger partial charge in [-0.1, -0.05) is 0 Å². The number of rotatable bonds is 6. The average molecular weight is 320 g/mol. The fraction of sp³-hybridized carbons (Fsp3) is 0.308. The summed E-state index contributed by atoms with van der Waals surface area (Å²) in [5.74, 6) is 0. The van der Waals surface area contributed by atoms with Crippen molar-refractivity contribution in [3.8, 4) is 0 Å². The lowest BCUT2D eigenvalue weighted by Crippen LogP contribution is -2.26. The Bertz CT molecular complexity index is 883. The number of nitrogens with zero attached hydrogens (tertiary/aromatic N) is 4. The number of H-pyrrole nitrogens is 1. The Balaban J connectivity index is 1.59. The number of sulfonamides is 1. The summed E-state index contributed by atoms with van der Waals surface area (Å²) >= 11 is 0. The first-order valence-electron chi connectivity index (χ1n) is 6.81. The zero-order valence-corrected chi connectivity index (χ0v) is 12.8. The number of aromatic amines is 1. The first-order valence-corrected chi connectivity index (χ1v) is 8.29. The van der Waals surface area contributed by atoms with Gasteiger partial charge in [-0.2, -0.15) is 0 Å². The van der Waals surface area contributed by atoms with Crippen molar-refractivity contribution in [2.24, 2.45) is 7.05 Å². The molecule has 0 aliphatic heterocycles. The van der Waals surface area contributed by atoms with Gasteiger partial charge >= 0.3 is 0 Å². The quantitative estimate of drug-likeness (QED) is 0.647. The molecule has 0 spiro atoms. The van der Waals surface area contributed by atoms with Crippen molar-refractivity contribution in [2.75, 3.05) is 6.54 Å². The van der Waals surface area contributed by atoms with Crippen molar-refractivity contribution in [3.63, 3.8) is 0 Å². The third-order valence-corrected chi connectivity index (χ3v) is 4.88. The lowest BCUT2D eigenvalue weighted by atomic mass is 10.2. The van der Waals surface area contributed by atoms with Gasteiger partial charge in [-0.3, -0.25) is 4.98 Å². The van der Waals surface area contributed by atoms with Crippen LogP contribution in [-0.2, 0) is 23.5 Å². The van der Waals surface area contributed by atoms with Gasteiger partial charge in [-0.05, 0) is 18.4 Å². The van der Waals surface area contributed by atoms with Crippen LogP contribution < -0.4 is 4.72 Å². The lowest BCUT2D eigenvalue weighted by molar-refractivity contribution is 0.569. The fourth-order valence-electron chi connectivity index (χ4n) is 2.26. The zero-order chi connectivity index (χ0) is 15.6. The van der Waals surface area contributed by atoms with E-state index in [9.17, 15) is 8.42 Å². The Hall–Kier alpha value is -2.26. The molecule has 0 atom stereocenters. The maximum Gasteiger partial charge on any atom is 0.257 e. The summed E-state index contributed by atoms with van der Waals surface area (Å²) in [5, 5.41) is 0.158. The van der Waals surface area contributed by atoms with Gasteiger partial charge in [-0.15, -0.1) is 0 Å². The van der Waals surface area contributed by atoms with Gasteiger partial charge in [-0.25, -0.2) is 23.1 Å². The maximum atomic E-state index is 12.1. The van der Waals surface area contributed by atoms with E-state index < -0.39 is 10.0 Å². The van der Waals surface area contributed by atoms with E-state index in [1.165, 1.54) is 17.1 Å². The molecule has 3 rings (SSSR count). The number of aromatic nitrogens is 5. The number of nitrogens with one attached hydrogen (secondary N) is 2. The highest BCUT2D eigenvalue weighted by atomic mass is 32.2. The number of imidazole rings is 1. The number of aryl methyl sites for hydroxylation is 2. The predicted octanol–water partition coefficient (Wildman–Crippen LogP) is 0.602. The highest BCUT2D eigenvalue weighted by Gasteiger charge is 2.17. The van der Waals surface area contributed by atoms with Gasteiger partial charge in [0.2, 0.25) is 0 Å².